The summed E-state index contributed by atoms with van der Waals surface area (Å²) in [6.07, 6.45) is 0. The minimum Gasteiger partial charge on any atom is -0.494 e. The first-order valence-electron chi connectivity index (χ1n) is 7.47. The van der Waals surface area contributed by atoms with E-state index in [1.54, 1.807) is 0 Å². The predicted octanol–water partition coefficient (Wildman–Crippen LogP) is 3.45. The average molecular weight is 283 g/mol. The molecule has 1 unspecified atom stereocenters. The Morgan fingerprint density at radius 3 is 3.00 bits per heavy atom. The maximum atomic E-state index is 5.67. The van der Waals surface area contributed by atoms with Gasteiger partial charge in [0.2, 0.25) is 0 Å². The number of nitrogens with one attached hydrogen (secondary N) is 1. The number of rotatable bonds is 5. The monoisotopic (exact) mass is 283 g/mol. The Kier molecular flexibility index (Phi) is 4.53. The van der Waals surface area contributed by atoms with E-state index in [1.807, 2.05) is 19.1 Å². The van der Waals surface area contributed by atoms with E-state index >= 15 is 0 Å². The fourth-order valence-electron chi connectivity index (χ4n) is 2.70. The molecule has 0 radical (unpaired) electrons. The SMILES string of the molecule is CCOc1cccc(CNC2COCc3ccccc32)c1. The minimum atomic E-state index is 0.255. The van der Waals surface area contributed by atoms with E-state index < -0.39 is 0 Å². The maximum Gasteiger partial charge on any atom is 0.119 e. The van der Waals surface area contributed by atoms with Gasteiger partial charge in [-0.25, -0.2) is 0 Å². The van der Waals surface area contributed by atoms with Crippen LogP contribution in [0.4, 0.5) is 0 Å². The van der Waals surface area contributed by atoms with Crippen molar-refractivity contribution in [3.05, 3.63) is 65.2 Å². The van der Waals surface area contributed by atoms with E-state index in [1.165, 1.54) is 16.7 Å². The van der Waals surface area contributed by atoms with E-state index in [-0.39, 0.29) is 6.04 Å². The third-order valence-corrected chi connectivity index (χ3v) is 3.73. The molecule has 2 aromatic carbocycles. The Hall–Kier alpha value is -1.84. The summed E-state index contributed by atoms with van der Waals surface area (Å²) in [7, 11) is 0. The third kappa shape index (κ3) is 3.43. The topological polar surface area (TPSA) is 30.5 Å². The summed E-state index contributed by atoms with van der Waals surface area (Å²) in [6, 6.07) is 17.0. The predicted molar refractivity (Wildman–Crippen MR) is 83.3 cm³/mol. The van der Waals surface area contributed by atoms with Gasteiger partial charge in [0.05, 0.1) is 25.9 Å². The second-order valence-electron chi connectivity index (χ2n) is 5.23. The van der Waals surface area contributed by atoms with Crippen LogP contribution in [0.5, 0.6) is 5.75 Å². The Labute approximate surface area is 125 Å². The van der Waals surface area contributed by atoms with Crippen molar-refractivity contribution >= 4 is 0 Å². The highest BCUT2D eigenvalue weighted by Crippen LogP contribution is 2.25. The second-order valence-corrected chi connectivity index (χ2v) is 5.23. The average Bonchev–Trinajstić information content (AvgIpc) is 2.53. The van der Waals surface area contributed by atoms with Crippen LogP contribution in [-0.4, -0.2) is 13.2 Å². The Morgan fingerprint density at radius 1 is 1.19 bits per heavy atom. The summed E-state index contributed by atoms with van der Waals surface area (Å²) < 4.78 is 11.2. The lowest BCUT2D eigenvalue weighted by Crippen LogP contribution is -2.29. The molecule has 0 amide bonds. The standard InChI is InChI=1S/C18H21NO2/c1-2-21-16-8-5-6-14(10-16)11-19-18-13-20-12-15-7-3-4-9-17(15)18/h3-10,18-19H,2,11-13H2,1H3. The van der Waals surface area contributed by atoms with Crippen molar-refractivity contribution in [2.75, 3.05) is 13.2 Å². The number of hydrogen-bond donors (Lipinski definition) is 1. The van der Waals surface area contributed by atoms with Crippen LogP contribution in [0.2, 0.25) is 0 Å². The molecule has 1 heterocycles. The van der Waals surface area contributed by atoms with Gasteiger partial charge >= 0.3 is 0 Å². The fraction of sp³-hybridized carbons (Fsp3) is 0.333. The number of hydrogen-bond acceptors (Lipinski definition) is 3. The molecule has 0 aromatic heterocycles. The first-order valence-corrected chi connectivity index (χ1v) is 7.47. The molecule has 1 aliphatic heterocycles. The molecule has 0 spiro atoms. The molecule has 0 bridgehead atoms. The summed E-state index contributed by atoms with van der Waals surface area (Å²) >= 11 is 0. The molecular weight excluding hydrogens is 262 g/mol. The van der Waals surface area contributed by atoms with Gasteiger partial charge in [0.15, 0.2) is 0 Å². The summed E-state index contributed by atoms with van der Waals surface area (Å²) in [6.45, 7) is 4.95. The van der Waals surface area contributed by atoms with Gasteiger partial charge in [0, 0.05) is 6.54 Å². The summed E-state index contributed by atoms with van der Waals surface area (Å²) in [5, 5.41) is 3.58. The quantitative estimate of drug-likeness (QED) is 0.911. The van der Waals surface area contributed by atoms with Gasteiger partial charge in [0.25, 0.3) is 0 Å². The van der Waals surface area contributed by atoms with Gasteiger partial charge in [-0.05, 0) is 35.7 Å². The van der Waals surface area contributed by atoms with Gasteiger partial charge in [0.1, 0.15) is 5.75 Å². The van der Waals surface area contributed by atoms with E-state index in [0.717, 1.165) is 18.9 Å². The molecule has 1 atom stereocenters. The summed E-state index contributed by atoms with van der Waals surface area (Å²) in [5.74, 6) is 0.928. The number of benzene rings is 2. The molecule has 0 fully saturated rings. The molecular formula is C18H21NO2. The Morgan fingerprint density at radius 2 is 2.10 bits per heavy atom. The normalized spacial score (nSPS) is 17.3. The molecule has 0 saturated carbocycles. The van der Waals surface area contributed by atoms with Crippen molar-refractivity contribution in [3.63, 3.8) is 0 Å². The van der Waals surface area contributed by atoms with E-state index in [4.69, 9.17) is 9.47 Å². The van der Waals surface area contributed by atoms with Crippen LogP contribution in [0, 0.1) is 0 Å². The van der Waals surface area contributed by atoms with Crippen molar-refractivity contribution < 1.29 is 9.47 Å². The molecule has 3 rings (SSSR count). The van der Waals surface area contributed by atoms with Gasteiger partial charge in [-0.1, -0.05) is 36.4 Å². The minimum absolute atomic E-state index is 0.255. The highest BCUT2D eigenvalue weighted by Gasteiger charge is 2.19. The van der Waals surface area contributed by atoms with Crippen molar-refractivity contribution in [2.24, 2.45) is 0 Å². The highest BCUT2D eigenvalue weighted by molar-refractivity contribution is 5.32. The fourth-order valence-corrected chi connectivity index (χ4v) is 2.70. The molecule has 0 aliphatic carbocycles. The van der Waals surface area contributed by atoms with Crippen LogP contribution < -0.4 is 10.1 Å². The van der Waals surface area contributed by atoms with Gasteiger partial charge in [-0.3, -0.25) is 0 Å². The largest absolute Gasteiger partial charge is 0.494 e. The lowest BCUT2D eigenvalue weighted by Gasteiger charge is -2.26. The first-order chi connectivity index (χ1) is 10.4. The zero-order valence-corrected chi connectivity index (χ0v) is 12.3. The molecule has 1 aliphatic rings. The van der Waals surface area contributed by atoms with Crippen LogP contribution >= 0.6 is 0 Å². The zero-order chi connectivity index (χ0) is 14.5. The van der Waals surface area contributed by atoms with Crippen molar-refractivity contribution in [1.29, 1.82) is 0 Å². The van der Waals surface area contributed by atoms with E-state index in [9.17, 15) is 0 Å². The van der Waals surface area contributed by atoms with E-state index in [2.05, 4.69) is 41.7 Å². The number of fused-ring (bicyclic) bond motifs is 1. The van der Waals surface area contributed by atoms with Gasteiger partial charge < -0.3 is 14.8 Å². The summed E-state index contributed by atoms with van der Waals surface area (Å²) in [4.78, 5) is 0. The maximum absolute atomic E-state index is 5.67. The van der Waals surface area contributed by atoms with Gasteiger partial charge in [-0.2, -0.15) is 0 Å². The highest BCUT2D eigenvalue weighted by atomic mass is 16.5. The Balaban J connectivity index is 1.67. The van der Waals surface area contributed by atoms with Crippen molar-refractivity contribution in [1.82, 2.24) is 5.32 Å². The molecule has 2 aromatic rings. The van der Waals surface area contributed by atoms with Crippen LogP contribution in [-0.2, 0) is 17.9 Å². The summed E-state index contributed by atoms with van der Waals surface area (Å²) in [5.41, 5.74) is 3.86. The lowest BCUT2D eigenvalue weighted by atomic mass is 9.99. The number of ether oxygens (including phenoxy) is 2. The molecule has 3 heteroatoms. The van der Waals surface area contributed by atoms with E-state index in [0.29, 0.717) is 13.2 Å². The molecule has 21 heavy (non-hydrogen) atoms. The van der Waals surface area contributed by atoms with Gasteiger partial charge in [-0.15, -0.1) is 0 Å². The first kappa shape index (κ1) is 14.1. The van der Waals surface area contributed by atoms with Crippen molar-refractivity contribution in [3.8, 4) is 5.75 Å². The third-order valence-electron chi connectivity index (χ3n) is 3.73. The second kappa shape index (κ2) is 6.74. The molecule has 0 saturated heterocycles. The van der Waals surface area contributed by atoms with Crippen LogP contribution in [0.15, 0.2) is 48.5 Å². The smallest absolute Gasteiger partial charge is 0.119 e. The van der Waals surface area contributed by atoms with Crippen LogP contribution in [0.25, 0.3) is 0 Å². The Bertz CT molecular complexity index is 597. The zero-order valence-electron chi connectivity index (χ0n) is 12.3. The molecule has 110 valence electrons. The van der Waals surface area contributed by atoms with Crippen LogP contribution in [0.1, 0.15) is 29.7 Å². The van der Waals surface area contributed by atoms with Crippen LogP contribution in [0.3, 0.4) is 0 Å². The molecule has 3 nitrogen and oxygen atoms in total. The lowest BCUT2D eigenvalue weighted by molar-refractivity contribution is 0.0817. The van der Waals surface area contributed by atoms with Crippen molar-refractivity contribution in [2.45, 2.75) is 26.1 Å². The molecule has 1 N–H and O–H groups in total.